The number of phenolic OH excluding ortho intramolecular Hbond substituents is 9. The van der Waals surface area contributed by atoms with E-state index in [1.807, 2.05) is 0 Å². The summed E-state index contributed by atoms with van der Waals surface area (Å²) in [5.41, 5.74) is -8.88. The van der Waals surface area contributed by atoms with Crippen LogP contribution in [0.5, 0.6) is 63.2 Å². The standard InChI is InChI=1S/C34H22O22/c35-8-1-5-12(19(40)17(8)38)14-16-15-13-6(32(48)55-28(15)22(43)20(14)41)2-10(37)26(29(13)56-33(16)49)53-25-7(3-9(36)18(39)21(25)42)30(46)51-4-11-27(54-31(5)47)23(44)24(45)34(50)52-11/h1-3,11,23-24,27,34-45,50H,4H2/t11-,23-,24-,27-,34+/m1/s1. The first-order valence-corrected chi connectivity index (χ1v) is 15.7. The van der Waals surface area contributed by atoms with Crippen LogP contribution in [0.15, 0.2) is 36.6 Å². The van der Waals surface area contributed by atoms with E-state index >= 15 is 0 Å². The lowest BCUT2D eigenvalue weighted by Crippen LogP contribution is -2.60. The van der Waals surface area contributed by atoms with Gasteiger partial charge in [0.2, 0.25) is 28.7 Å². The number of esters is 2. The van der Waals surface area contributed by atoms with E-state index in [1.165, 1.54) is 0 Å². The molecule has 5 atom stereocenters. The summed E-state index contributed by atoms with van der Waals surface area (Å²) < 4.78 is 32.0. The van der Waals surface area contributed by atoms with Crippen LogP contribution in [0, 0.1) is 0 Å². The number of carbonyl (C=O) groups is 2. The normalized spacial score (nSPS) is 21.4. The lowest BCUT2D eigenvalue weighted by atomic mass is 9.90. The van der Waals surface area contributed by atoms with Gasteiger partial charge in [-0.15, -0.1) is 0 Å². The molecule has 290 valence electrons. The Labute approximate surface area is 305 Å². The molecular weight excluding hydrogens is 760 g/mol. The van der Waals surface area contributed by atoms with Crippen molar-refractivity contribution in [1.29, 1.82) is 0 Å². The number of aliphatic hydroxyl groups excluding tert-OH is 3. The van der Waals surface area contributed by atoms with Gasteiger partial charge >= 0.3 is 23.2 Å². The Morgan fingerprint density at radius 3 is 1.88 bits per heavy atom. The van der Waals surface area contributed by atoms with Crippen LogP contribution in [0.3, 0.4) is 0 Å². The Morgan fingerprint density at radius 1 is 0.554 bits per heavy atom. The van der Waals surface area contributed by atoms with Gasteiger partial charge in [0.15, 0.2) is 58.1 Å². The molecule has 0 spiro atoms. The SMILES string of the molecule is O=C1OC[C@H]2O[C@H](O)[C@H](O)[C@@H](O)[C@@H]2OC(=O)c2cc(O)c(O)c(O)c2-c2c(O)c(O)c3oc(=O)c4cc(O)c(c5oc(=O)c2c3c54)Oc2c1cc(O)c(O)c2O. The maximum atomic E-state index is 14.1. The molecular formula is C34H22O22. The number of rotatable bonds is 0. The highest BCUT2D eigenvalue weighted by molar-refractivity contribution is 6.26. The Hall–Kier alpha value is -7.40. The molecule has 0 saturated carbocycles. The average Bonchev–Trinajstić information content (AvgIpc) is 3.15. The van der Waals surface area contributed by atoms with Crippen molar-refractivity contribution < 1.29 is 98.6 Å². The number of carbonyl (C=O) groups excluding carboxylic acids is 2. The van der Waals surface area contributed by atoms with Crippen molar-refractivity contribution in [3.05, 3.63) is 50.2 Å². The van der Waals surface area contributed by atoms with Gasteiger partial charge in [0.1, 0.15) is 30.5 Å². The van der Waals surface area contributed by atoms with Crippen LogP contribution in [0.2, 0.25) is 0 Å². The van der Waals surface area contributed by atoms with Crippen LogP contribution < -0.4 is 16.0 Å². The summed E-state index contributed by atoms with van der Waals surface area (Å²) in [6.07, 6.45) is -10.7. The third kappa shape index (κ3) is 4.83. The van der Waals surface area contributed by atoms with Crippen molar-refractivity contribution in [2.24, 2.45) is 0 Å². The van der Waals surface area contributed by atoms with Gasteiger partial charge in [-0.1, -0.05) is 0 Å². The number of cyclic esters (lactones) is 1. The molecule has 8 rings (SSSR count). The minimum atomic E-state index is -2.27. The van der Waals surface area contributed by atoms with Crippen LogP contribution in [0.25, 0.3) is 43.8 Å². The number of hydrogen-bond donors (Lipinski definition) is 12. The lowest BCUT2D eigenvalue weighted by molar-refractivity contribution is -0.285. The van der Waals surface area contributed by atoms with Crippen LogP contribution in [0.1, 0.15) is 20.7 Å². The molecule has 2 aromatic heterocycles. The average molecular weight is 783 g/mol. The van der Waals surface area contributed by atoms with E-state index in [0.29, 0.717) is 18.2 Å². The fourth-order valence-electron chi connectivity index (χ4n) is 6.67. The molecule has 0 radical (unpaired) electrons. The van der Waals surface area contributed by atoms with Gasteiger partial charge in [-0.3, -0.25) is 0 Å². The molecule has 2 aliphatic heterocycles. The summed E-state index contributed by atoms with van der Waals surface area (Å²) in [7, 11) is 0. The quantitative estimate of drug-likeness (QED) is 0.0430. The zero-order valence-electron chi connectivity index (χ0n) is 27.3. The molecule has 22 nitrogen and oxygen atoms in total. The van der Waals surface area contributed by atoms with Crippen molar-refractivity contribution >= 4 is 44.6 Å². The fraction of sp³-hybridized carbons (Fsp3) is 0.176. The molecule has 1 fully saturated rings. The summed E-state index contributed by atoms with van der Waals surface area (Å²) in [5, 5.41) is 126. The van der Waals surface area contributed by atoms with E-state index in [4.69, 9.17) is 27.8 Å². The van der Waals surface area contributed by atoms with Crippen LogP contribution in [-0.2, 0) is 14.2 Å². The van der Waals surface area contributed by atoms with Crippen LogP contribution in [-0.4, -0.2) is 111 Å². The summed E-state index contributed by atoms with van der Waals surface area (Å²) >= 11 is 0. The zero-order chi connectivity index (χ0) is 40.4. The Morgan fingerprint density at radius 2 is 1.18 bits per heavy atom. The second kappa shape index (κ2) is 12.1. The predicted molar refractivity (Wildman–Crippen MR) is 177 cm³/mol. The number of hydrogen-bond acceptors (Lipinski definition) is 22. The molecule has 12 N–H and O–H groups in total. The molecule has 4 aromatic carbocycles. The van der Waals surface area contributed by atoms with Gasteiger partial charge < -0.3 is 89.1 Å². The van der Waals surface area contributed by atoms with Gasteiger partial charge in [0, 0.05) is 28.0 Å². The highest BCUT2D eigenvalue weighted by atomic mass is 16.7. The maximum Gasteiger partial charge on any atom is 0.345 e. The maximum absolute atomic E-state index is 14.1. The highest BCUT2D eigenvalue weighted by Crippen LogP contribution is 2.56. The molecule has 0 unspecified atom stereocenters. The minimum absolute atomic E-state index is 0.451. The summed E-state index contributed by atoms with van der Waals surface area (Å²) in [6.45, 7) is -1.10. The molecule has 0 aliphatic carbocycles. The van der Waals surface area contributed by atoms with Crippen molar-refractivity contribution in [1.82, 2.24) is 0 Å². The zero-order valence-corrected chi connectivity index (χ0v) is 27.3. The lowest BCUT2D eigenvalue weighted by Gasteiger charge is -2.40. The Bertz CT molecular complexity index is 2840. The Kier molecular flexibility index (Phi) is 7.67. The number of aliphatic hydroxyl groups is 3. The third-order valence-corrected chi connectivity index (χ3v) is 9.32. The van der Waals surface area contributed by atoms with Crippen LogP contribution >= 0.6 is 0 Å². The van der Waals surface area contributed by atoms with E-state index in [-0.39, 0.29) is 0 Å². The van der Waals surface area contributed by atoms with E-state index in [0.717, 1.165) is 0 Å². The molecule has 56 heavy (non-hydrogen) atoms. The molecule has 0 amide bonds. The van der Waals surface area contributed by atoms with Crippen molar-refractivity contribution in [3.63, 3.8) is 0 Å². The monoisotopic (exact) mass is 782 g/mol. The van der Waals surface area contributed by atoms with Gasteiger partial charge in [0.25, 0.3) is 0 Å². The minimum Gasteiger partial charge on any atom is -0.504 e. The topological polar surface area (TPSA) is 374 Å². The molecule has 2 bridgehead atoms. The van der Waals surface area contributed by atoms with E-state index < -0.39 is 179 Å². The van der Waals surface area contributed by atoms with E-state index in [9.17, 15) is 80.5 Å². The summed E-state index contributed by atoms with van der Waals surface area (Å²) in [5.74, 6) is -17.0. The molecule has 6 aromatic rings. The van der Waals surface area contributed by atoms with Crippen molar-refractivity contribution in [2.75, 3.05) is 6.61 Å². The number of benzene rings is 4. The molecule has 22 heteroatoms. The number of phenols is 9. The third-order valence-electron chi connectivity index (χ3n) is 9.32. The fourth-order valence-corrected chi connectivity index (χ4v) is 6.67. The van der Waals surface area contributed by atoms with E-state index in [1.54, 1.807) is 0 Å². The van der Waals surface area contributed by atoms with Gasteiger partial charge in [-0.2, -0.15) is 0 Å². The van der Waals surface area contributed by atoms with Gasteiger partial charge in [-0.25, -0.2) is 19.2 Å². The predicted octanol–water partition coefficient (Wildman–Crippen LogP) is 0.435. The first-order chi connectivity index (χ1) is 26.4. The van der Waals surface area contributed by atoms with Crippen molar-refractivity contribution in [3.8, 4) is 74.4 Å². The summed E-state index contributed by atoms with van der Waals surface area (Å²) in [6, 6.07) is 1.64. The molecule has 1 saturated heterocycles. The second-order valence-corrected chi connectivity index (χ2v) is 12.5. The number of aromatic hydroxyl groups is 9. The van der Waals surface area contributed by atoms with E-state index in [2.05, 4.69) is 0 Å². The van der Waals surface area contributed by atoms with Gasteiger partial charge in [0.05, 0.1) is 16.3 Å². The van der Waals surface area contributed by atoms with Crippen LogP contribution in [0.4, 0.5) is 0 Å². The second-order valence-electron chi connectivity index (χ2n) is 12.5. The smallest absolute Gasteiger partial charge is 0.345 e. The van der Waals surface area contributed by atoms with Gasteiger partial charge in [-0.05, 0) is 12.1 Å². The first kappa shape index (κ1) is 35.6. The van der Waals surface area contributed by atoms with Crippen molar-refractivity contribution in [2.45, 2.75) is 30.7 Å². The first-order valence-electron chi connectivity index (χ1n) is 15.7. The highest BCUT2D eigenvalue weighted by Gasteiger charge is 2.48. The number of ether oxygens (including phenoxy) is 4. The summed E-state index contributed by atoms with van der Waals surface area (Å²) in [4.78, 5) is 54.8. The Balaban J connectivity index is 1.54. The largest absolute Gasteiger partial charge is 0.504 e. The molecule has 4 heterocycles. The number of fused-ring (bicyclic) bond motifs is 5. The molecule has 2 aliphatic rings.